The maximum absolute atomic E-state index is 12.0. The van der Waals surface area contributed by atoms with Crippen molar-refractivity contribution in [1.82, 2.24) is 9.88 Å². The van der Waals surface area contributed by atoms with Crippen LogP contribution in [-0.4, -0.2) is 35.5 Å². The molecule has 2 aromatic rings. The van der Waals surface area contributed by atoms with Gasteiger partial charge in [0.2, 0.25) is 0 Å². The Balaban J connectivity index is 0.000000362. The third kappa shape index (κ3) is 12.8. The molecule has 3 nitrogen and oxygen atoms in total. The highest BCUT2D eigenvalue weighted by Crippen LogP contribution is 2.60. The molecule has 1 aliphatic carbocycles. The number of pyridine rings is 1. The van der Waals surface area contributed by atoms with Crippen LogP contribution in [0.3, 0.4) is 0 Å². The van der Waals surface area contributed by atoms with Crippen LogP contribution in [0.15, 0.2) is 84.2 Å². The first-order chi connectivity index (χ1) is 19.8. The summed E-state index contributed by atoms with van der Waals surface area (Å²) in [6, 6.07) is 12.7. The summed E-state index contributed by atoms with van der Waals surface area (Å²) < 4.78 is 36.1. The molecule has 1 aromatic heterocycles. The van der Waals surface area contributed by atoms with Crippen molar-refractivity contribution in [3.8, 4) is 0 Å². The fourth-order valence-corrected chi connectivity index (χ4v) is 4.48. The average Bonchev–Trinajstić information content (AvgIpc) is 3.75. The van der Waals surface area contributed by atoms with E-state index in [0.29, 0.717) is 0 Å². The highest BCUT2D eigenvalue weighted by atomic mass is 19.4. The molecular formula is C36H52F3N3. The van der Waals surface area contributed by atoms with Crippen LogP contribution in [0.1, 0.15) is 88.6 Å². The van der Waals surface area contributed by atoms with Crippen molar-refractivity contribution in [1.29, 1.82) is 0 Å². The van der Waals surface area contributed by atoms with Crippen LogP contribution in [0.5, 0.6) is 0 Å². The van der Waals surface area contributed by atoms with E-state index < -0.39 is 11.6 Å². The van der Waals surface area contributed by atoms with Gasteiger partial charge >= 0.3 is 6.18 Å². The average molecular weight is 584 g/mol. The zero-order valence-electron chi connectivity index (χ0n) is 26.9. The zero-order valence-corrected chi connectivity index (χ0v) is 26.9. The summed E-state index contributed by atoms with van der Waals surface area (Å²) in [6.45, 7) is 21.3. The molecule has 232 valence electrons. The fourth-order valence-electron chi connectivity index (χ4n) is 4.48. The summed E-state index contributed by atoms with van der Waals surface area (Å²) in [5, 5.41) is 0. The first-order valence-corrected chi connectivity index (χ1v) is 15.0. The molecule has 1 aliphatic rings. The van der Waals surface area contributed by atoms with E-state index in [4.69, 9.17) is 0 Å². The molecule has 0 bridgehead atoms. The van der Waals surface area contributed by atoms with Crippen LogP contribution in [0.25, 0.3) is 0 Å². The van der Waals surface area contributed by atoms with Crippen molar-refractivity contribution < 1.29 is 13.2 Å². The zero-order chi connectivity index (χ0) is 31.8. The topological polar surface area (TPSA) is 28.5 Å². The van der Waals surface area contributed by atoms with Crippen molar-refractivity contribution in [2.24, 2.45) is 10.4 Å². The van der Waals surface area contributed by atoms with E-state index in [2.05, 4.69) is 99.9 Å². The predicted molar refractivity (Wildman–Crippen MR) is 174 cm³/mol. The van der Waals surface area contributed by atoms with Crippen LogP contribution >= 0.6 is 0 Å². The lowest BCUT2D eigenvalue weighted by atomic mass is 10.0. The van der Waals surface area contributed by atoms with Gasteiger partial charge in [-0.1, -0.05) is 61.9 Å². The molecule has 1 fully saturated rings. The van der Waals surface area contributed by atoms with Gasteiger partial charge in [0, 0.05) is 31.2 Å². The van der Waals surface area contributed by atoms with Crippen molar-refractivity contribution in [3.63, 3.8) is 0 Å². The Labute approximate surface area is 253 Å². The van der Waals surface area contributed by atoms with E-state index in [1.807, 2.05) is 25.4 Å². The molecule has 0 N–H and O–H groups in total. The monoisotopic (exact) mass is 583 g/mol. The quantitative estimate of drug-likeness (QED) is 0.114. The van der Waals surface area contributed by atoms with Gasteiger partial charge in [-0.15, -0.1) is 6.58 Å². The second-order valence-corrected chi connectivity index (χ2v) is 11.2. The van der Waals surface area contributed by atoms with Crippen LogP contribution in [0.2, 0.25) is 0 Å². The van der Waals surface area contributed by atoms with Gasteiger partial charge in [0.15, 0.2) is 0 Å². The number of hydrogen-bond acceptors (Lipinski definition) is 2. The molecule has 0 aliphatic heterocycles. The number of aromatic nitrogens is 1. The molecule has 0 unspecified atom stereocenters. The van der Waals surface area contributed by atoms with Crippen LogP contribution in [0.4, 0.5) is 13.2 Å². The fraction of sp³-hybridized carbons (Fsp3) is 0.500. The number of benzene rings is 1. The van der Waals surface area contributed by atoms with E-state index in [9.17, 15) is 13.2 Å². The number of aliphatic imine (C=N–C) groups is 1. The smallest absolute Gasteiger partial charge is 0.331 e. The van der Waals surface area contributed by atoms with E-state index in [0.717, 1.165) is 55.9 Å². The van der Waals surface area contributed by atoms with Gasteiger partial charge < -0.3 is 4.90 Å². The molecule has 0 spiro atoms. The van der Waals surface area contributed by atoms with Gasteiger partial charge in [-0.25, -0.2) is 0 Å². The number of rotatable bonds is 11. The van der Waals surface area contributed by atoms with Crippen LogP contribution in [-0.2, 0) is 12.8 Å². The standard InChI is InChI=1S/C19H29N3.C10H14.C7H9F3/c1-6-17(4)22(19(20-5)15-16(2)3)14-10-8-12-18-11-7-9-13-21-18;1-4-10-7-8(2)5-6-9(10)3;1-2-3-6(4-5-6)7(8,9)10/h7,9,11,13,15H,4,6,8,10,12,14H2,1-3,5H3;5-7H,4H2,1-3H3;2H,1,3-5H2. The minimum atomic E-state index is -4.01. The molecule has 0 atom stereocenters. The summed E-state index contributed by atoms with van der Waals surface area (Å²) in [5.74, 6) is 1.00. The van der Waals surface area contributed by atoms with Gasteiger partial charge in [-0.2, -0.15) is 13.2 Å². The minimum absolute atomic E-state index is 0.0799. The SMILES string of the molecule is C=C(CC)N(CCCCc1ccccn1)C(C=C(C)C)=NC.C=CCC1(C(F)(F)F)CC1.CCc1cc(C)ccc1C. The maximum Gasteiger partial charge on any atom is 0.394 e. The van der Waals surface area contributed by atoms with Crippen molar-refractivity contribution >= 4 is 5.84 Å². The number of halogens is 3. The number of amidine groups is 1. The maximum atomic E-state index is 12.0. The third-order valence-corrected chi connectivity index (χ3v) is 7.38. The lowest BCUT2D eigenvalue weighted by Crippen LogP contribution is -2.29. The first-order valence-electron chi connectivity index (χ1n) is 15.0. The molecular weight excluding hydrogens is 531 g/mol. The Morgan fingerprint density at radius 3 is 2.21 bits per heavy atom. The molecule has 0 amide bonds. The van der Waals surface area contributed by atoms with Crippen molar-refractivity contribution in [3.05, 3.63) is 102 Å². The summed E-state index contributed by atoms with van der Waals surface area (Å²) in [4.78, 5) is 11.0. The summed E-state index contributed by atoms with van der Waals surface area (Å²) in [5.41, 5.74) is 6.40. The molecule has 3 rings (SSSR count). The van der Waals surface area contributed by atoms with E-state index in [1.54, 1.807) is 0 Å². The third-order valence-electron chi connectivity index (χ3n) is 7.38. The number of unbranched alkanes of at least 4 members (excludes halogenated alkanes) is 1. The molecule has 1 aromatic carbocycles. The first kappa shape index (κ1) is 36.9. The summed E-state index contributed by atoms with van der Waals surface area (Å²) >= 11 is 0. The number of hydrogen-bond donors (Lipinski definition) is 0. The van der Waals surface area contributed by atoms with Crippen LogP contribution < -0.4 is 0 Å². The van der Waals surface area contributed by atoms with E-state index >= 15 is 0 Å². The molecule has 0 saturated heterocycles. The highest BCUT2D eigenvalue weighted by molar-refractivity contribution is 5.94. The van der Waals surface area contributed by atoms with Gasteiger partial charge in [0.25, 0.3) is 0 Å². The summed E-state index contributed by atoms with van der Waals surface area (Å²) in [7, 11) is 1.85. The van der Waals surface area contributed by atoms with Gasteiger partial charge in [-0.05, 0) is 108 Å². The second kappa shape index (κ2) is 18.4. The molecule has 0 radical (unpaired) electrons. The number of allylic oxidation sites excluding steroid dienone is 3. The molecule has 42 heavy (non-hydrogen) atoms. The van der Waals surface area contributed by atoms with Crippen molar-refractivity contribution in [2.45, 2.75) is 99.1 Å². The van der Waals surface area contributed by atoms with Gasteiger partial charge in [0.1, 0.15) is 5.84 Å². The van der Waals surface area contributed by atoms with Crippen LogP contribution in [0, 0.1) is 19.3 Å². The molecule has 1 saturated carbocycles. The number of alkyl halides is 3. The Morgan fingerprint density at radius 2 is 1.79 bits per heavy atom. The predicted octanol–water partition coefficient (Wildman–Crippen LogP) is 10.4. The number of aryl methyl sites for hydroxylation is 4. The summed E-state index contributed by atoms with van der Waals surface area (Å²) in [6.07, 6.45) is 7.29. The lowest BCUT2D eigenvalue weighted by Gasteiger charge is -2.26. The Kier molecular flexibility index (Phi) is 16.2. The van der Waals surface area contributed by atoms with Crippen molar-refractivity contribution in [2.75, 3.05) is 13.6 Å². The van der Waals surface area contributed by atoms with Gasteiger partial charge in [0.05, 0.1) is 5.41 Å². The van der Waals surface area contributed by atoms with Gasteiger partial charge in [-0.3, -0.25) is 9.98 Å². The molecule has 6 heteroatoms. The lowest BCUT2D eigenvalue weighted by molar-refractivity contribution is -0.185. The van der Waals surface area contributed by atoms with E-state index in [-0.39, 0.29) is 19.3 Å². The van der Waals surface area contributed by atoms with E-state index in [1.165, 1.54) is 28.3 Å². The Hall–Kier alpha value is -3.15. The second-order valence-electron chi connectivity index (χ2n) is 11.2. The minimum Gasteiger partial charge on any atom is -0.331 e. The Morgan fingerprint density at radius 1 is 1.10 bits per heavy atom. The number of nitrogens with zero attached hydrogens (tertiary/aromatic N) is 3. The highest BCUT2D eigenvalue weighted by Gasteiger charge is 2.61. The Bertz CT molecular complexity index is 1160. The largest absolute Gasteiger partial charge is 0.394 e. The normalized spacial score (nSPS) is 13.5. The molecule has 1 heterocycles.